The van der Waals surface area contributed by atoms with Crippen LogP contribution in [-0.4, -0.2) is 20.9 Å². The first-order valence-electron chi connectivity index (χ1n) is 6.62. The Balaban J connectivity index is 2.14. The summed E-state index contributed by atoms with van der Waals surface area (Å²) in [7, 11) is 0. The van der Waals surface area contributed by atoms with Gasteiger partial charge < -0.3 is 5.11 Å². The van der Waals surface area contributed by atoms with Gasteiger partial charge in [-0.1, -0.05) is 29.8 Å². The Bertz CT molecular complexity index is 893. The number of thiophene rings is 1. The highest BCUT2D eigenvalue weighted by molar-refractivity contribution is 7.13. The number of benzene rings is 1. The summed E-state index contributed by atoms with van der Waals surface area (Å²) >= 11 is 7.31. The van der Waals surface area contributed by atoms with Crippen molar-refractivity contribution in [1.29, 1.82) is 5.26 Å². The van der Waals surface area contributed by atoms with Gasteiger partial charge in [0.15, 0.2) is 5.69 Å². The number of halogens is 1. The van der Waals surface area contributed by atoms with Gasteiger partial charge in [-0.05, 0) is 29.1 Å². The van der Waals surface area contributed by atoms with Crippen LogP contribution in [0.4, 0.5) is 0 Å². The van der Waals surface area contributed by atoms with E-state index in [0.29, 0.717) is 17.3 Å². The normalized spacial score (nSPS) is 10.4. The number of carboxylic acid groups (broad SMARTS) is 1. The molecule has 1 N–H and O–H groups in total. The first kappa shape index (κ1) is 15.3. The van der Waals surface area contributed by atoms with Crippen LogP contribution in [-0.2, 0) is 6.54 Å². The number of carboxylic acids is 1. The SMILES string of the molecule is N#Cc1c(C(=O)O)nn(Cc2ccc(Cl)cc2)c1-c1cccs1. The zero-order valence-electron chi connectivity index (χ0n) is 11.7. The summed E-state index contributed by atoms with van der Waals surface area (Å²) < 4.78 is 1.55. The van der Waals surface area contributed by atoms with E-state index in [1.807, 2.05) is 35.7 Å². The van der Waals surface area contributed by atoms with Crippen molar-refractivity contribution < 1.29 is 9.90 Å². The maximum absolute atomic E-state index is 11.4. The number of nitriles is 1. The van der Waals surface area contributed by atoms with Gasteiger partial charge >= 0.3 is 5.97 Å². The quantitative estimate of drug-likeness (QED) is 0.779. The van der Waals surface area contributed by atoms with Crippen LogP contribution in [0.3, 0.4) is 0 Å². The molecule has 3 aromatic rings. The lowest BCUT2D eigenvalue weighted by atomic mass is 10.1. The van der Waals surface area contributed by atoms with E-state index >= 15 is 0 Å². The van der Waals surface area contributed by atoms with Gasteiger partial charge in [-0.3, -0.25) is 4.68 Å². The van der Waals surface area contributed by atoms with Gasteiger partial charge in [-0.2, -0.15) is 10.4 Å². The number of carbonyl (C=O) groups is 1. The molecular weight excluding hydrogens is 334 g/mol. The van der Waals surface area contributed by atoms with Crippen LogP contribution in [0.2, 0.25) is 5.02 Å². The Labute approximate surface area is 141 Å². The van der Waals surface area contributed by atoms with Crippen molar-refractivity contribution in [3.05, 3.63) is 63.6 Å². The van der Waals surface area contributed by atoms with Crippen LogP contribution in [0.25, 0.3) is 10.6 Å². The van der Waals surface area contributed by atoms with Crippen LogP contribution in [0.5, 0.6) is 0 Å². The second-order valence-electron chi connectivity index (χ2n) is 4.75. The fourth-order valence-electron chi connectivity index (χ4n) is 2.26. The van der Waals surface area contributed by atoms with Crippen molar-refractivity contribution in [1.82, 2.24) is 9.78 Å². The molecule has 0 unspecified atom stereocenters. The third-order valence-electron chi connectivity index (χ3n) is 3.27. The van der Waals surface area contributed by atoms with Gasteiger partial charge in [0.05, 0.1) is 17.1 Å². The fraction of sp³-hybridized carbons (Fsp3) is 0.0625. The Morgan fingerprint density at radius 3 is 2.65 bits per heavy atom. The lowest BCUT2D eigenvalue weighted by Gasteiger charge is -2.06. The molecular formula is C16H10ClN3O2S. The molecule has 0 radical (unpaired) electrons. The van der Waals surface area contributed by atoms with E-state index in [1.165, 1.54) is 11.3 Å². The Morgan fingerprint density at radius 2 is 2.09 bits per heavy atom. The third-order valence-corrected chi connectivity index (χ3v) is 4.40. The monoisotopic (exact) mass is 343 g/mol. The van der Waals surface area contributed by atoms with Crippen molar-refractivity contribution >= 4 is 28.9 Å². The largest absolute Gasteiger partial charge is 0.476 e. The topological polar surface area (TPSA) is 78.9 Å². The molecule has 2 aromatic heterocycles. The van der Waals surface area contributed by atoms with Gasteiger partial charge in [0.1, 0.15) is 11.6 Å². The lowest BCUT2D eigenvalue weighted by Crippen LogP contribution is -2.05. The van der Waals surface area contributed by atoms with Gasteiger partial charge in [-0.25, -0.2) is 4.79 Å². The third kappa shape index (κ3) is 2.97. The summed E-state index contributed by atoms with van der Waals surface area (Å²) in [6, 6.07) is 12.9. The number of aromatic nitrogens is 2. The Morgan fingerprint density at radius 1 is 1.35 bits per heavy atom. The number of hydrogen-bond acceptors (Lipinski definition) is 4. The highest BCUT2D eigenvalue weighted by Crippen LogP contribution is 2.30. The highest BCUT2D eigenvalue weighted by atomic mass is 35.5. The summed E-state index contributed by atoms with van der Waals surface area (Å²) in [6.45, 7) is 0.354. The van der Waals surface area contributed by atoms with Crippen LogP contribution < -0.4 is 0 Å². The van der Waals surface area contributed by atoms with Crippen LogP contribution in [0, 0.1) is 11.3 Å². The van der Waals surface area contributed by atoms with Crippen molar-refractivity contribution in [2.45, 2.75) is 6.54 Å². The van der Waals surface area contributed by atoms with Crippen molar-refractivity contribution in [3.8, 4) is 16.6 Å². The lowest BCUT2D eigenvalue weighted by molar-refractivity contribution is 0.0689. The highest BCUT2D eigenvalue weighted by Gasteiger charge is 2.24. The van der Waals surface area contributed by atoms with Crippen molar-refractivity contribution in [2.24, 2.45) is 0 Å². The molecule has 7 heteroatoms. The van der Waals surface area contributed by atoms with E-state index < -0.39 is 5.97 Å². The van der Waals surface area contributed by atoms with E-state index in [-0.39, 0.29) is 11.3 Å². The molecule has 0 saturated carbocycles. The van der Waals surface area contributed by atoms with Crippen LogP contribution in [0.1, 0.15) is 21.6 Å². The van der Waals surface area contributed by atoms with E-state index in [1.54, 1.807) is 16.8 Å². The predicted octanol–water partition coefficient (Wildman–Crippen LogP) is 3.88. The molecule has 114 valence electrons. The molecule has 0 aliphatic rings. The molecule has 0 amide bonds. The standard InChI is InChI=1S/C16H10ClN3O2S/c17-11-5-3-10(4-6-11)9-20-15(13-2-1-7-23-13)12(8-18)14(19-20)16(21)22/h1-7H,9H2,(H,21,22). The van der Waals surface area contributed by atoms with Gasteiger partial charge in [0.2, 0.25) is 0 Å². The van der Waals surface area contributed by atoms with E-state index in [2.05, 4.69) is 5.10 Å². The molecule has 23 heavy (non-hydrogen) atoms. The average Bonchev–Trinajstić information content (AvgIpc) is 3.16. The van der Waals surface area contributed by atoms with Gasteiger partial charge in [-0.15, -0.1) is 11.3 Å². The molecule has 0 aliphatic carbocycles. The minimum atomic E-state index is -1.21. The zero-order chi connectivity index (χ0) is 16.4. The number of aromatic carboxylic acids is 1. The first-order valence-corrected chi connectivity index (χ1v) is 7.88. The first-order chi connectivity index (χ1) is 11.1. The minimum absolute atomic E-state index is 0.0777. The average molecular weight is 344 g/mol. The van der Waals surface area contributed by atoms with Crippen LogP contribution >= 0.6 is 22.9 Å². The summed E-state index contributed by atoms with van der Waals surface area (Å²) in [6.07, 6.45) is 0. The van der Waals surface area contributed by atoms with Crippen molar-refractivity contribution in [2.75, 3.05) is 0 Å². The van der Waals surface area contributed by atoms with E-state index in [9.17, 15) is 15.2 Å². The molecule has 0 saturated heterocycles. The minimum Gasteiger partial charge on any atom is -0.476 e. The molecule has 3 rings (SSSR count). The molecule has 0 bridgehead atoms. The summed E-state index contributed by atoms with van der Waals surface area (Å²) in [5, 5.41) is 25.3. The van der Waals surface area contributed by atoms with E-state index in [4.69, 9.17) is 11.6 Å². The molecule has 2 heterocycles. The second kappa shape index (κ2) is 6.24. The fourth-order valence-corrected chi connectivity index (χ4v) is 3.16. The van der Waals surface area contributed by atoms with Gasteiger partial charge in [0, 0.05) is 5.02 Å². The summed E-state index contributed by atoms with van der Waals surface area (Å²) in [5.74, 6) is -1.21. The molecule has 1 aromatic carbocycles. The van der Waals surface area contributed by atoms with E-state index in [0.717, 1.165) is 10.4 Å². The Hall–Kier alpha value is -2.62. The summed E-state index contributed by atoms with van der Waals surface area (Å²) in [4.78, 5) is 12.2. The zero-order valence-corrected chi connectivity index (χ0v) is 13.3. The Kier molecular flexibility index (Phi) is 4.15. The van der Waals surface area contributed by atoms with Crippen molar-refractivity contribution in [3.63, 3.8) is 0 Å². The molecule has 0 aliphatic heterocycles. The maximum atomic E-state index is 11.4. The molecule has 5 nitrogen and oxygen atoms in total. The van der Waals surface area contributed by atoms with Gasteiger partial charge in [0.25, 0.3) is 0 Å². The summed E-state index contributed by atoms with van der Waals surface area (Å²) in [5.41, 5.74) is 1.28. The molecule has 0 atom stereocenters. The number of hydrogen-bond donors (Lipinski definition) is 1. The maximum Gasteiger partial charge on any atom is 0.357 e. The van der Waals surface area contributed by atoms with Crippen LogP contribution in [0.15, 0.2) is 41.8 Å². The molecule has 0 spiro atoms. The smallest absolute Gasteiger partial charge is 0.357 e. The second-order valence-corrected chi connectivity index (χ2v) is 6.13. The predicted molar refractivity (Wildman–Crippen MR) is 87.8 cm³/mol. The number of nitrogens with zero attached hydrogens (tertiary/aromatic N) is 3. The number of rotatable bonds is 4. The molecule has 0 fully saturated rings.